The van der Waals surface area contributed by atoms with Crippen LogP contribution >= 0.6 is 0 Å². The fraction of sp³-hybridized carbons (Fsp3) is 0.250. The molecular formula is C96H100F4. The number of halogens is 4. The summed E-state index contributed by atoms with van der Waals surface area (Å²) in [5, 5.41) is 0. The number of unbranched alkanes of at least 4 members (excludes halogenated alkanes) is 8. The van der Waals surface area contributed by atoms with Crippen molar-refractivity contribution in [2.45, 2.75) is 158 Å². The third kappa shape index (κ3) is 22.2. The van der Waals surface area contributed by atoms with Gasteiger partial charge >= 0.3 is 0 Å². The van der Waals surface area contributed by atoms with E-state index in [1.54, 1.807) is 24.3 Å². The first-order chi connectivity index (χ1) is 48.7. The fourth-order valence-electron chi connectivity index (χ4n) is 12.4. The predicted octanol–water partition coefficient (Wildman–Crippen LogP) is 28.8. The van der Waals surface area contributed by atoms with Crippen LogP contribution in [0.5, 0.6) is 0 Å². The minimum absolute atomic E-state index is 0.173. The summed E-state index contributed by atoms with van der Waals surface area (Å²) in [6, 6.07) is 88.1. The Morgan fingerprint density at radius 1 is 0.180 bits per heavy atom. The lowest BCUT2D eigenvalue weighted by molar-refractivity contribution is 0.631. The van der Waals surface area contributed by atoms with Gasteiger partial charge in [0.05, 0.1) is 0 Å². The van der Waals surface area contributed by atoms with Crippen LogP contribution in [0.3, 0.4) is 0 Å². The summed E-state index contributed by atoms with van der Waals surface area (Å²) in [6.07, 6.45) is 19.5. The zero-order valence-electron chi connectivity index (χ0n) is 60.2. The van der Waals surface area contributed by atoms with Crippen molar-refractivity contribution in [3.63, 3.8) is 0 Å². The standard InChI is InChI=1S/4C24H25F/c4*1-3-4-5-6-19-9-13-20(14-10-19)22-15-16-23(24(25)17-22)21-11-7-18(2)8-12-21/h4*7-17H,3-6H2,1-2H3. The van der Waals surface area contributed by atoms with Crippen LogP contribution < -0.4 is 0 Å². The normalized spacial score (nSPS) is 10.8. The third-order valence-corrected chi connectivity index (χ3v) is 18.8. The summed E-state index contributed by atoms with van der Waals surface area (Å²) in [4.78, 5) is 0. The monoisotopic (exact) mass is 1330 g/mol. The Bertz CT molecular complexity index is 3830. The molecule has 0 fully saturated rings. The first-order valence-corrected chi connectivity index (χ1v) is 36.5. The summed E-state index contributed by atoms with van der Waals surface area (Å²) in [6.45, 7) is 17.0. The maximum atomic E-state index is 14.6. The van der Waals surface area contributed by atoms with Crippen molar-refractivity contribution >= 4 is 0 Å². The molecule has 0 unspecified atom stereocenters. The molecule has 0 heterocycles. The van der Waals surface area contributed by atoms with Crippen molar-refractivity contribution in [1.82, 2.24) is 0 Å². The second kappa shape index (κ2) is 38.6. The molecular weight excluding hydrogens is 1230 g/mol. The largest absolute Gasteiger partial charge is 0.206 e. The van der Waals surface area contributed by atoms with Gasteiger partial charge in [-0.2, -0.15) is 0 Å². The molecule has 4 heteroatoms. The Labute approximate surface area is 595 Å². The molecule has 0 atom stereocenters. The van der Waals surface area contributed by atoms with Crippen molar-refractivity contribution in [2.75, 3.05) is 0 Å². The Balaban J connectivity index is 0.000000156. The van der Waals surface area contributed by atoms with Crippen molar-refractivity contribution in [2.24, 2.45) is 0 Å². The van der Waals surface area contributed by atoms with E-state index in [0.29, 0.717) is 22.3 Å². The van der Waals surface area contributed by atoms with Crippen molar-refractivity contribution in [3.8, 4) is 89.0 Å². The number of rotatable bonds is 24. The molecule has 0 aromatic heterocycles. The van der Waals surface area contributed by atoms with E-state index >= 15 is 0 Å². The van der Waals surface area contributed by atoms with Crippen LogP contribution in [-0.4, -0.2) is 0 Å². The maximum Gasteiger partial charge on any atom is 0.131 e. The summed E-state index contributed by atoms with van der Waals surface area (Å²) in [5.41, 5.74) is 24.4. The highest BCUT2D eigenvalue weighted by Crippen LogP contribution is 2.34. The topological polar surface area (TPSA) is 0 Å². The molecule has 12 aromatic rings. The molecule has 0 saturated heterocycles. The number of hydrogen-bond acceptors (Lipinski definition) is 0. The van der Waals surface area contributed by atoms with Crippen LogP contribution in [0, 0.1) is 51.0 Å². The second-order valence-electron chi connectivity index (χ2n) is 26.9. The zero-order valence-corrected chi connectivity index (χ0v) is 60.2. The molecule has 0 aliphatic carbocycles. The van der Waals surface area contributed by atoms with Gasteiger partial charge in [0, 0.05) is 22.3 Å². The van der Waals surface area contributed by atoms with Gasteiger partial charge < -0.3 is 0 Å². The quantitative estimate of drug-likeness (QED) is 0.0418. The average Bonchev–Trinajstić information content (AvgIpc) is 0.841. The summed E-state index contributed by atoms with van der Waals surface area (Å²) >= 11 is 0. The number of benzene rings is 12. The zero-order chi connectivity index (χ0) is 70.6. The first-order valence-electron chi connectivity index (χ1n) is 36.5. The molecule has 0 spiro atoms. The summed E-state index contributed by atoms with van der Waals surface area (Å²) in [7, 11) is 0. The molecule has 0 aliphatic heterocycles. The minimum Gasteiger partial charge on any atom is -0.206 e. The van der Waals surface area contributed by atoms with Crippen molar-refractivity contribution in [3.05, 3.63) is 335 Å². The van der Waals surface area contributed by atoms with Crippen LogP contribution in [0.4, 0.5) is 17.6 Å². The van der Waals surface area contributed by atoms with E-state index in [1.165, 1.54) is 122 Å². The van der Waals surface area contributed by atoms with Crippen LogP contribution in [0.2, 0.25) is 0 Å². The number of aryl methyl sites for hydroxylation is 8. The average molecular weight is 1330 g/mol. The summed E-state index contributed by atoms with van der Waals surface area (Å²) < 4.78 is 58.4. The molecule has 0 nitrogen and oxygen atoms in total. The Hall–Kier alpha value is -9.64. The molecule has 0 saturated carbocycles. The van der Waals surface area contributed by atoms with Gasteiger partial charge in [-0.1, -0.05) is 344 Å². The molecule has 12 rings (SSSR count). The Morgan fingerprint density at radius 2 is 0.340 bits per heavy atom. The van der Waals surface area contributed by atoms with E-state index in [1.807, 2.05) is 173 Å². The van der Waals surface area contributed by atoms with E-state index in [9.17, 15) is 17.6 Å². The minimum atomic E-state index is -0.173. The van der Waals surface area contributed by atoms with Crippen molar-refractivity contribution in [1.29, 1.82) is 0 Å². The van der Waals surface area contributed by atoms with E-state index in [-0.39, 0.29) is 23.3 Å². The highest BCUT2D eigenvalue weighted by molar-refractivity contribution is 5.75. The van der Waals surface area contributed by atoms with Crippen LogP contribution in [0.1, 0.15) is 149 Å². The third-order valence-electron chi connectivity index (χ3n) is 18.8. The SMILES string of the molecule is CCCCCc1ccc(-c2ccc(-c3ccc(C)cc3)c(F)c2)cc1.CCCCCc1ccc(-c2ccc(-c3ccc(C)cc3)c(F)c2)cc1.CCCCCc1ccc(-c2ccc(-c3ccc(C)cc3)c(F)c2)cc1.CCCCCc1ccc(-c2ccc(-c3ccc(C)cc3)c(F)c2)cc1. The van der Waals surface area contributed by atoms with E-state index in [2.05, 4.69) is 125 Å². The lowest BCUT2D eigenvalue weighted by atomic mass is 9.98. The van der Waals surface area contributed by atoms with Gasteiger partial charge in [-0.05, 0) is 192 Å². The van der Waals surface area contributed by atoms with Gasteiger partial charge in [0.1, 0.15) is 23.3 Å². The Kier molecular flexibility index (Phi) is 28.8. The van der Waals surface area contributed by atoms with Crippen LogP contribution in [0.15, 0.2) is 267 Å². The van der Waals surface area contributed by atoms with E-state index in [4.69, 9.17) is 0 Å². The van der Waals surface area contributed by atoms with Gasteiger partial charge in [-0.15, -0.1) is 0 Å². The van der Waals surface area contributed by atoms with Crippen molar-refractivity contribution < 1.29 is 17.6 Å². The van der Waals surface area contributed by atoms with E-state index in [0.717, 1.165) is 92.4 Å². The number of hydrogen-bond donors (Lipinski definition) is 0. The molecule has 12 aromatic carbocycles. The fourth-order valence-corrected chi connectivity index (χ4v) is 12.4. The molecule has 0 radical (unpaired) electrons. The summed E-state index contributed by atoms with van der Waals surface area (Å²) in [5.74, 6) is -0.691. The smallest absolute Gasteiger partial charge is 0.131 e. The van der Waals surface area contributed by atoms with Gasteiger partial charge in [0.2, 0.25) is 0 Å². The van der Waals surface area contributed by atoms with Gasteiger partial charge in [0.25, 0.3) is 0 Å². The molecule has 512 valence electrons. The lowest BCUT2D eigenvalue weighted by Crippen LogP contribution is -1.88. The molecule has 0 N–H and O–H groups in total. The van der Waals surface area contributed by atoms with Gasteiger partial charge in [-0.25, -0.2) is 17.6 Å². The highest BCUT2D eigenvalue weighted by Gasteiger charge is 2.13. The van der Waals surface area contributed by atoms with Gasteiger partial charge in [-0.3, -0.25) is 0 Å². The Morgan fingerprint density at radius 3 is 0.500 bits per heavy atom. The molecule has 100 heavy (non-hydrogen) atoms. The maximum absolute atomic E-state index is 14.6. The van der Waals surface area contributed by atoms with Crippen LogP contribution in [0.25, 0.3) is 89.0 Å². The molecule has 0 bridgehead atoms. The highest BCUT2D eigenvalue weighted by atomic mass is 19.1. The predicted molar refractivity (Wildman–Crippen MR) is 421 cm³/mol. The lowest BCUT2D eigenvalue weighted by Gasteiger charge is -2.08. The first kappa shape index (κ1) is 74.6. The molecule has 0 aliphatic rings. The molecule has 0 amide bonds. The second-order valence-corrected chi connectivity index (χ2v) is 26.9. The van der Waals surface area contributed by atoms with E-state index < -0.39 is 0 Å². The van der Waals surface area contributed by atoms with Gasteiger partial charge in [0.15, 0.2) is 0 Å². The van der Waals surface area contributed by atoms with Crippen LogP contribution in [-0.2, 0) is 25.7 Å².